The van der Waals surface area contributed by atoms with Crippen LogP contribution in [0.1, 0.15) is 18.5 Å². The highest BCUT2D eigenvalue weighted by atomic mass is 19.1. The fourth-order valence-corrected chi connectivity index (χ4v) is 1.73. The van der Waals surface area contributed by atoms with Crippen molar-refractivity contribution in [1.29, 1.82) is 0 Å². The van der Waals surface area contributed by atoms with E-state index < -0.39 is 5.82 Å². The van der Waals surface area contributed by atoms with Crippen molar-refractivity contribution < 1.29 is 9.13 Å². The quantitative estimate of drug-likeness (QED) is 0.846. The van der Waals surface area contributed by atoms with Gasteiger partial charge in [0, 0.05) is 12.2 Å². The minimum atomic E-state index is -0.416. The normalized spacial score (nSPS) is 11.7. The minimum Gasteiger partial charge on any atom is -0.453 e. The Bertz CT molecular complexity index is 608. The van der Waals surface area contributed by atoms with Gasteiger partial charge >= 0.3 is 0 Å². The zero-order valence-electron chi connectivity index (χ0n) is 11.1. The van der Waals surface area contributed by atoms with Crippen LogP contribution in [0.25, 0.3) is 0 Å². The number of pyridine rings is 1. The number of nitrogens with one attached hydrogen (secondary N) is 1. The summed E-state index contributed by atoms with van der Waals surface area (Å²) in [6, 6.07) is 8.28. The fourth-order valence-electron chi connectivity index (χ4n) is 1.73. The first kappa shape index (κ1) is 14.0. The third kappa shape index (κ3) is 3.56. The van der Waals surface area contributed by atoms with Gasteiger partial charge in [-0.05, 0) is 36.8 Å². The van der Waals surface area contributed by atoms with Gasteiger partial charge in [0.05, 0.1) is 12.7 Å². The van der Waals surface area contributed by atoms with Crippen molar-refractivity contribution in [3.05, 3.63) is 54.1 Å². The molecule has 0 radical (unpaired) electrons. The van der Waals surface area contributed by atoms with Crippen molar-refractivity contribution >= 4 is 0 Å². The third-order valence-electron chi connectivity index (χ3n) is 2.83. The SMILES string of the molecule is C#CCN[C@H](C)c1ccc(Oc2cccnc2)c(F)c1. The van der Waals surface area contributed by atoms with E-state index in [1.165, 1.54) is 12.3 Å². The Morgan fingerprint density at radius 2 is 2.30 bits per heavy atom. The molecule has 1 aromatic heterocycles. The number of benzene rings is 1. The Morgan fingerprint density at radius 3 is 2.95 bits per heavy atom. The first-order chi connectivity index (χ1) is 9.70. The lowest BCUT2D eigenvalue weighted by molar-refractivity contribution is 0.439. The second-order valence-corrected chi connectivity index (χ2v) is 4.29. The number of nitrogens with zero attached hydrogens (tertiary/aromatic N) is 1. The molecule has 1 heterocycles. The number of aromatic nitrogens is 1. The molecule has 0 aliphatic heterocycles. The summed E-state index contributed by atoms with van der Waals surface area (Å²) < 4.78 is 19.4. The first-order valence-corrected chi connectivity index (χ1v) is 6.25. The zero-order valence-corrected chi connectivity index (χ0v) is 11.1. The summed E-state index contributed by atoms with van der Waals surface area (Å²) in [5.41, 5.74) is 0.816. The minimum absolute atomic E-state index is 0.0204. The van der Waals surface area contributed by atoms with Gasteiger partial charge in [0.25, 0.3) is 0 Å². The molecule has 0 saturated carbocycles. The predicted octanol–water partition coefficient (Wildman–Crippen LogP) is 3.30. The van der Waals surface area contributed by atoms with Crippen molar-refractivity contribution in [2.24, 2.45) is 0 Å². The summed E-state index contributed by atoms with van der Waals surface area (Å²) in [6.45, 7) is 2.37. The molecule has 2 aromatic rings. The monoisotopic (exact) mass is 270 g/mol. The molecule has 0 spiro atoms. The second kappa shape index (κ2) is 6.69. The molecule has 0 amide bonds. The summed E-state index contributed by atoms with van der Waals surface area (Å²) >= 11 is 0. The standard InChI is InChI=1S/C16H15FN2O/c1-3-8-19-12(2)13-6-7-16(15(17)10-13)20-14-5-4-9-18-11-14/h1,4-7,9-12,19H,8H2,2H3/t12-/m1/s1. The number of ether oxygens (including phenoxy) is 1. The van der Waals surface area contributed by atoms with E-state index in [0.717, 1.165) is 5.56 Å². The summed E-state index contributed by atoms with van der Waals surface area (Å²) in [5, 5.41) is 3.09. The van der Waals surface area contributed by atoms with Crippen molar-refractivity contribution in [2.75, 3.05) is 6.54 Å². The zero-order chi connectivity index (χ0) is 14.4. The van der Waals surface area contributed by atoms with Crippen LogP contribution in [0.3, 0.4) is 0 Å². The van der Waals surface area contributed by atoms with E-state index in [0.29, 0.717) is 12.3 Å². The highest BCUT2D eigenvalue weighted by molar-refractivity contribution is 5.34. The van der Waals surface area contributed by atoms with Crippen molar-refractivity contribution in [1.82, 2.24) is 10.3 Å². The molecule has 0 saturated heterocycles. The van der Waals surface area contributed by atoms with Crippen LogP contribution in [0.2, 0.25) is 0 Å². The second-order valence-electron chi connectivity index (χ2n) is 4.29. The average molecular weight is 270 g/mol. The van der Waals surface area contributed by atoms with Crippen LogP contribution in [0.15, 0.2) is 42.7 Å². The van der Waals surface area contributed by atoms with Gasteiger partial charge in [0.15, 0.2) is 11.6 Å². The number of halogens is 1. The van der Waals surface area contributed by atoms with Crippen LogP contribution >= 0.6 is 0 Å². The van der Waals surface area contributed by atoms with E-state index in [1.54, 1.807) is 24.4 Å². The average Bonchev–Trinajstić information content (AvgIpc) is 2.48. The molecule has 1 atom stereocenters. The molecule has 0 unspecified atom stereocenters. The maximum atomic E-state index is 14.0. The van der Waals surface area contributed by atoms with Crippen LogP contribution in [-0.4, -0.2) is 11.5 Å². The Balaban J connectivity index is 2.12. The number of rotatable bonds is 5. The summed E-state index contributed by atoms with van der Waals surface area (Å²) in [4.78, 5) is 3.91. The molecule has 0 bridgehead atoms. The smallest absolute Gasteiger partial charge is 0.166 e. The lowest BCUT2D eigenvalue weighted by Gasteiger charge is -2.14. The molecular formula is C16H15FN2O. The number of terminal acetylenes is 1. The Hall–Kier alpha value is -2.38. The molecule has 102 valence electrons. The van der Waals surface area contributed by atoms with Gasteiger partial charge < -0.3 is 4.74 Å². The summed E-state index contributed by atoms with van der Waals surface area (Å²) in [7, 11) is 0. The molecule has 4 heteroatoms. The molecular weight excluding hydrogens is 255 g/mol. The van der Waals surface area contributed by atoms with E-state index >= 15 is 0 Å². The highest BCUT2D eigenvalue weighted by Crippen LogP contribution is 2.26. The van der Waals surface area contributed by atoms with Crippen LogP contribution in [-0.2, 0) is 0 Å². The topological polar surface area (TPSA) is 34.1 Å². The molecule has 0 aliphatic carbocycles. The molecule has 20 heavy (non-hydrogen) atoms. The van der Waals surface area contributed by atoms with Crippen LogP contribution in [0.5, 0.6) is 11.5 Å². The van der Waals surface area contributed by atoms with E-state index in [2.05, 4.69) is 16.2 Å². The van der Waals surface area contributed by atoms with E-state index in [1.807, 2.05) is 13.0 Å². The van der Waals surface area contributed by atoms with E-state index in [-0.39, 0.29) is 11.8 Å². The fraction of sp³-hybridized carbons (Fsp3) is 0.188. The lowest BCUT2D eigenvalue weighted by atomic mass is 10.1. The Kier molecular flexibility index (Phi) is 4.70. The first-order valence-electron chi connectivity index (χ1n) is 6.25. The van der Waals surface area contributed by atoms with Gasteiger partial charge in [-0.2, -0.15) is 0 Å². The van der Waals surface area contributed by atoms with Crippen molar-refractivity contribution in [3.63, 3.8) is 0 Å². The van der Waals surface area contributed by atoms with E-state index in [4.69, 9.17) is 11.2 Å². The van der Waals surface area contributed by atoms with Gasteiger partial charge in [-0.1, -0.05) is 12.0 Å². The van der Waals surface area contributed by atoms with Crippen molar-refractivity contribution in [3.8, 4) is 23.8 Å². The van der Waals surface area contributed by atoms with Gasteiger partial charge in [-0.25, -0.2) is 4.39 Å². The van der Waals surface area contributed by atoms with Gasteiger partial charge in [0.2, 0.25) is 0 Å². The number of hydrogen-bond donors (Lipinski definition) is 1. The highest BCUT2D eigenvalue weighted by Gasteiger charge is 2.10. The predicted molar refractivity (Wildman–Crippen MR) is 76.0 cm³/mol. The molecule has 1 N–H and O–H groups in total. The lowest BCUT2D eigenvalue weighted by Crippen LogP contribution is -2.18. The van der Waals surface area contributed by atoms with E-state index in [9.17, 15) is 4.39 Å². The molecule has 1 aromatic carbocycles. The Labute approximate surface area is 117 Å². The van der Waals surface area contributed by atoms with Crippen LogP contribution in [0.4, 0.5) is 4.39 Å². The van der Waals surface area contributed by atoms with Crippen molar-refractivity contribution in [2.45, 2.75) is 13.0 Å². The third-order valence-corrected chi connectivity index (χ3v) is 2.83. The molecule has 0 aliphatic rings. The molecule has 3 nitrogen and oxygen atoms in total. The van der Waals surface area contributed by atoms with Crippen LogP contribution < -0.4 is 10.1 Å². The number of hydrogen-bond acceptors (Lipinski definition) is 3. The maximum Gasteiger partial charge on any atom is 0.166 e. The molecule has 0 fully saturated rings. The molecule has 2 rings (SSSR count). The van der Waals surface area contributed by atoms with Gasteiger partial charge in [0.1, 0.15) is 5.75 Å². The van der Waals surface area contributed by atoms with Gasteiger partial charge in [-0.15, -0.1) is 6.42 Å². The van der Waals surface area contributed by atoms with Gasteiger partial charge in [-0.3, -0.25) is 10.3 Å². The largest absolute Gasteiger partial charge is 0.453 e. The maximum absolute atomic E-state index is 14.0. The van der Waals surface area contributed by atoms with Crippen LogP contribution in [0, 0.1) is 18.2 Å². The summed E-state index contributed by atoms with van der Waals surface area (Å²) in [5.74, 6) is 2.74. The summed E-state index contributed by atoms with van der Waals surface area (Å²) in [6.07, 6.45) is 8.34. The Morgan fingerprint density at radius 1 is 1.45 bits per heavy atom.